The molecule has 2 amide bonds. The van der Waals surface area contributed by atoms with Crippen molar-refractivity contribution in [2.24, 2.45) is 0 Å². The second kappa shape index (κ2) is 14.9. The summed E-state index contributed by atoms with van der Waals surface area (Å²) in [5.74, 6) is -2.37. The molecule has 1 aromatic rings. The van der Waals surface area contributed by atoms with E-state index in [1.54, 1.807) is 45.0 Å². The second-order valence-corrected chi connectivity index (χ2v) is 9.13. The largest absolute Gasteiger partial charge is 0.480 e. The average Bonchev–Trinajstić information content (AvgIpc) is 2.76. The fraction of sp³-hybridized carbons (Fsp3) is 0.600. The molecule has 0 heterocycles. The number of benzene rings is 1. The number of rotatable bonds is 14. The van der Waals surface area contributed by atoms with Gasteiger partial charge < -0.3 is 25.2 Å². The predicted molar refractivity (Wildman–Crippen MR) is 127 cm³/mol. The van der Waals surface area contributed by atoms with Crippen LogP contribution in [0.3, 0.4) is 0 Å². The number of hydrogen-bond donors (Lipinski definition) is 3. The maximum atomic E-state index is 12.9. The number of aliphatic carboxylic acids is 1. The molecular formula is C25H38N2O7. The molecule has 0 fully saturated rings. The van der Waals surface area contributed by atoms with Gasteiger partial charge in [0.2, 0.25) is 5.91 Å². The molecule has 190 valence electrons. The fourth-order valence-corrected chi connectivity index (χ4v) is 3.14. The van der Waals surface area contributed by atoms with E-state index in [2.05, 4.69) is 10.6 Å². The summed E-state index contributed by atoms with van der Waals surface area (Å²) in [6.07, 6.45) is 2.73. The number of unbranched alkanes of at least 4 members (excludes halogenated alkanes) is 3. The summed E-state index contributed by atoms with van der Waals surface area (Å²) in [5.41, 5.74) is 0.0782. The first-order chi connectivity index (χ1) is 16.0. The highest BCUT2D eigenvalue weighted by atomic mass is 16.6. The second-order valence-electron chi connectivity index (χ2n) is 9.13. The Morgan fingerprint density at radius 1 is 0.941 bits per heavy atom. The topological polar surface area (TPSA) is 131 Å². The van der Waals surface area contributed by atoms with Crippen molar-refractivity contribution < 1.29 is 33.8 Å². The standard InChI is InChI=1S/C25H38N2O7/c1-5-6-7-11-14-20(23(30)31)26-22(29)19(15-16-21(28)34-25(2,3)4)27-24(32)33-17-18-12-9-8-10-13-18/h8-10,12-13,19-20H,5-7,11,14-17H2,1-4H3,(H,26,29)(H,27,32)(H,30,31)/t19-,20-/m0/s1. The third kappa shape index (κ3) is 12.8. The van der Waals surface area contributed by atoms with E-state index < -0.39 is 41.6 Å². The van der Waals surface area contributed by atoms with E-state index in [4.69, 9.17) is 9.47 Å². The van der Waals surface area contributed by atoms with Crippen molar-refractivity contribution >= 4 is 23.9 Å². The van der Waals surface area contributed by atoms with Gasteiger partial charge >= 0.3 is 18.0 Å². The minimum Gasteiger partial charge on any atom is -0.480 e. The van der Waals surface area contributed by atoms with Gasteiger partial charge in [-0.05, 0) is 39.2 Å². The molecule has 0 aromatic heterocycles. The lowest BCUT2D eigenvalue weighted by molar-refractivity contribution is -0.155. The first kappa shape index (κ1) is 28.9. The number of ether oxygens (including phenoxy) is 2. The van der Waals surface area contributed by atoms with Crippen molar-refractivity contribution in [1.29, 1.82) is 0 Å². The molecule has 0 radical (unpaired) electrons. The Balaban J connectivity index is 2.78. The van der Waals surface area contributed by atoms with E-state index in [0.717, 1.165) is 24.8 Å². The molecule has 0 aliphatic heterocycles. The number of carboxylic acids is 1. The lowest BCUT2D eigenvalue weighted by Crippen LogP contribution is -2.51. The van der Waals surface area contributed by atoms with Crippen molar-refractivity contribution in [1.82, 2.24) is 10.6 Å². The molecule has 2 atom stereocenters. The number of amides is 2. The maximum Gasteiger partial charge on any atom is 0.408 e. The third-order valence-electron chi connectivity index (χ3n) is 4.84. The van der Waals surface area contributed by atoms with Crippen LogP contribution in [0.5, 0.6) is 0 Å². The smallest absolute Gasteiger partial charge is 0.408 e. The van der Waals surface area contributed by atoms with Crippen LogP contribution in [-0.2, 0) is 30.5 Å². The molecule has 0 unspecified atom stereocenters. The van der Waals surface area contributed by atoms with Crippen LogP contribution >= 0.6 is 0 Å². The van der Waals surface area contributed by atoms with Gasteiger partial charge in [0, 0.05) is 6.42 Å². The lowest BCUT2D eigenvalue weighted by atomic mass is 10.1. The monoisotopic (exact) mass is 478 g/mol. The molecule has 0 spiro atoms. The molecular weight excluding hydrogens is 440 g/mol. The highest BCUT2D eigenvalue weighted by Crippen LogP contribution is 2.12. The molecule has 0 aliphatic rings. The first-order valence-corrected chi connectivity index (χ1v) is 11.7. The Labute approximate surface area is 201 Å². The summed E-state index contributed by atoms with van der Waals surface area (Å²) in [7, 11) is 0. The van der Waals surface area contributed by atoms with Gasteiger partial charge in [-0.3, -0.25) is 9.59 Å². The van der Waals surface area contributed by atoms with Crippen LogP contribution in [0.4, 0.5) is 4.79 Å². The van der Waals surface area contributed by atoms with Gasteiger partial charge in [-0.2, -0.15) is 0 Å². The molecule has 1 aromatic carbocycles. The van der Waals surface area contributed by atoms with Gasteiger partial charge in [-0.15, -0.1) is 0 Å². The average molecular weight is 479 g/mol. The third-order valence-corrected chi connectivity index (χ3v) is 4.84. The summed E-state index contributed by atoms with van der Waals surface area (Å²) in [6, 6.07) is 6.78. The van der Waals surface area contributed by atoms with Crippen molar-refractivity contribution in [3.05, 3.63) is 35.9 Å². The van der Waals surface area contributed by atoms with E-state index >= 15 is 0 Å². The Morgan fingerprint density at radius 3 is 2.21 bits per heavy atom. The number of alkyl carbamates (subject to hydrolysis) is 1. The van der Waals surface area contributed by atoms with Gasteiger partial charge in [0.25, 0.3) is 0 Å². The quantitative estimate of drug-likeness (QED) is 0.273. The van der Waals surface area contributed by atoms with Crippen LogP contribution in [0, 0.1) is 0 Å². The van der Waals surface area contributed by atoms with Crippen molar-refractivity contribution in [3.8, 4) is 0 Å². The van der Waals surface area contributed by atoms with Crippen molar-refractivity contribution in [2.45, 2.75) is 96.9 Å². The van der Waals surface area contributed by atoms with E-state index in [0.29, 0.717) is 6.42 Å². The number of carbonyl (C=O) groups is 4. The van der Waals surface area contributed by atoms with Crippen molar-refractivity contribution in [3.63, 3.8) is 0 Å². The summed E-state index contributed by atoms with van der Waals surface area (Å²) < 4.78 is 10.4. The SMILES string of the molecule is CCCCCC[C@H](NC(=O)[C@H](CCC(=O)OC(C)(C)C)NC(=O)OCc1ccccc1)C(=O)O. The highest BCUT2D eigenvalue weighted by molar-refractivity contribution is 5.89. The van der Waals surface area contributed by atoms with Gasteiger partial charge in [-0.1, -0.05) is 62.9 Å². The van der Waals surface area contributed by atoms with Gasteiger partial charge in [0.15, 0.2) is 0 Å². The molecule has 0 aliphatic carbocycles. The van der Waals surface area contributed by atoms with E-state index in [-0.39, 0.29) is 25.9 Å². The van der Waals surface area contributed by atoms with Gasteiger partial charge in [0.1, 0.15) is 24.3 Å². The van der Waals surface area contributed by atoms with Crippen LogP contribution in [0.15, 0.2) is 30.3 Å². The molecule has 0 bridgehead atoms. The molecule has 34 heavy (non-hydrogen) atoms. The molecule has 9 nitrogen and oxygen atoms in total. The highest BCUT2D eigenvalue weighted by Gasteiger charge is 2.28. The molecule has 0 saturated carbocycles. The lowest BCUT2D eigenvalue weighted by Gasteiger charge is -2.23. The first-order valence-electron chi connectivity index (χ1n) is 11.7. The summed E-state index contributed by atoms with van der Waals surface area (Å²) in [4.78, 5) is 48.9. The summed E-state index contributed by atoms with van der Waals surface area (Å²) in [5, 5.41) is 14.4. The summed E-state index contributed by atoms with van der Waals surface area (Å²) in [6.45, 7) is 7.23. The van der Waals surface area contributed by atoms with E-state index in [1.165, 1.54) is 0 Å². The molecule has 0 saturated heterocycles. The zero-order valence-electron chi connectivity index (χ0n) is 20.6. The zero-order valence-corrected chi connectivity index (χ0v) is 20.6. The summed E-state index contributed by atoms with van der Waals surface area (Å²) >= 11 is 0. The van der Waals surface area contributed by atoms with Crippen LogP contribution in [0.1, 0.15) is 78.2 Å². The van der Waals surface area contributed by atoms with Crippen LogP contribution < -0.4 is 10.6 Å². The number of carboxylic acid groups (broad SMARTS) is 1. The number of hydrogen-bond acceptors (Lipinski definition) is 6. The molecule has 9 heteroatoms. The minimum absolute atomic E-state index is 0.00224. The van der Waals surface area contributed by atoms with E-state index in [1.807, 2.05) is 13.0 Å². The van der Waals surface area contributed by atoms with Crippen LogP contribution in [0.25, 0.3) is 0 Å². The number of carbonyl (C=O) groups excluding carboxylic acids is 3. The number of nitrogens with one attached hydrogen (secondary N) is 2. The van der Waals surface area contributed by atoms with Gasteiger partial charge in [-0.25, -0.2) is 9.59 Å². The number of esters is 1. The van der Waals surface area contributed by atoms with E-state index in [9.17, 15) is 24.3 Å². The molecule has 1 rings (SSSR count). The predicted octanol–water partition coefficient (Wildman–Crippen LogP) is 3.94. The normalized spacial score (nSPS) is 12.8. The van der Waals surface area contributed by atoms with Crippen LogP contribution in [-0.4, -0.2) is 46.7 Å². The fourth-order valence-electron chi connectivity index (χ4n) is 3.14. The Kier molecular flexibility index (Phi) is 12.7. The zero-order chi connectivity index (χ0) is 25.6. The molecule has 3 N–H and O–H groups in total. The Hall–Kier alpha value is -3.10. The Morgan fingerprint density at radius 2 is 1.62 bits per heavy atom. The van der Waals surface area contributed by atoms with Gasteiger partial charge in [0.05, 0.1) is 0 Å². The Bertz CT molecular complexity index is 790. The maximum absolute atomic E-state index is 12.9. The minimum atomic E-state index is -1.16. The van der Waals surface area contributed by atoms with Crippen molar-refractivity contribution in [2.75, 3.05) is 0 Å². The van der Waals surface area contributed by atoms with Crippen LogP contribution in [0.2, 0.25) is 0 Å².